The smallest absolute Gasteiger partial charge is 0.271 e. The van der Waals surface area contributed by atoms with Crippen molar-refractivity contribution in [3.05, 3.63) is 54.4 Å². The first-order chi connectivity index (χ1) is 12.4. The van der Waals surface area contributed by atoms with Crippen LogP contribution in [0.15, 0.2) is 53.9 Å². The average Bonchev–Trinajstić information content (AvgIpc) is 2.60. The van der Waals surface area contributed by atoms with Gasteiger partial charge in [-0.05, 0) is 43.3 Å². The second-order valence-electron chi connectivity index (χ2n) is 5.51. The first kappa shape index (κ1) is 18.8. The fourth-order valence-corrected chi connectivity index (χ4v) is 2.03. The van der Waals surface area contributed by atoms with E-state index >= 15 is 0 Å². The van der Waals surface area contributed by atoms with E-state index in [1.807, 2.05) is 0 Å². The Kier molecular flexibility index (Phi) is 6.55. The summed E-state index contributed by atoms with van der Waals surface area (Å²) in [7, 11) is 0. The van der Waals surface area contributed by atoms with E-state index < -0.39 is 5.91 Å². The van der Waals surface area contributed by atoms with Crippen LogP contribution >= 0.6 is 0 Å². The first-order valence-corrected chi connectivity index (χ1v) is 7.85. The molecule has 0 aliphatic carbocycles. The van der Waals surface area contributed by atoms with Crippen molar-refractivity contribution in [2.45, 2.75) is 20.3 Å². The zero-order valence-corrected chi connectivity index (χ0v) is 14.4. The minimum absolute atomic E-state index is 0.0383. The van der Waals surface area contributed by atoms with Crippen LogP contribution in [-0.4, -0.2) is 28.4 Å². The summed E-state index contributed by atoms with van der Waals surface area (Å²) in [4.78, 5) is 38.8. The standard InChI is InChI=1S/C18H19N5O3/c1-12(10-17(25)21-16-4-3-9-19-11-16)22-23-18(26)14-5-7-15(8-6-14)20-13(2)24/h3-9,11H,10H2,1-2H3,(H,20,24)(H,21,25)(H,23,26)/b22-12+. The normalized spacial score (nSPS) is 10.8. The molecule has 3 amide bonds. The summed E-state index contributed by atoms with van der Waals surface area (Å²) >= 11 is 0. The average molecular weight is 353 g/mol. The second kappa shape index (κ2) is 9.07. The quantitative estimate of drug-likeness (QED) is 0.546. The first-order valence-electron chi connectivity index (χ1n) is 7.85. The molecule has 2 aromatic rings. The van der Waals surface area contributed by atoms with Crippen molar-refractivity contribution in [2.75, 3.05) is 10.6 Å². The number of nitrogens with zero attached hydrogens (tertiary/aromatic N) is 2. The molecule has 26 heavy (non-hydrogen) atoms. The monoisotopic (exact) mass is 353 g/mol. The van der Waals surface area contributed by atoms with Gasteiger partial charge in [0, 0.05) is 30.1 Å². The third-order valence-electron chi connectivity index (χ3n) is 3.18. The molecule has 2 rings (SSSR count). The van der Waals surface area contributed by atoms with Gasteiger partial charge < -0.3 is 10.6 Å². The Morgan fingerprint density at radius 2 is 1.73 bits per heavy atom. The van der Waals surface area contributed by atoms with Crippen LogP contribution in [0.3, 0.4) is 0 Å². The molecule has 8 heteroatoms. The van der Waals surface area contributed by atoms with E-state index in [0.29, 0.717) is 22.6 Å². The molecule has 0 saturated carbocycles. The number of hydrogen-bond donors (Lipinski definition) is 3. The lowest BCUT2D eigenvalue weighted by molar-refractivity contribution is -0.115. The van der Waals surface area contributed by atoms with Gasteiger partial charge in [-0.2, -0.15) is 5.10 Å². The number of rotatable bonds is 6. The van der Waals surface area contributed by atoms with Gasteiger partial charge in [0.25, 0.3) is 5.91 Å². The van der Waals surface area contributed by atoms with Crippen LogP contribution in [0.5, 0.6) is 0 Å². The lowest BCUT2D eigenvalue weighted by Crippen LogP contribution is -2.21. The number of anilines is 2. The van der Waals surface area contributed by atoms with Crippen LogP contribution in [0.4, 0.5) is 11.4 Å². The van der Waals surface area contributed by atoms with Crippen LogP contribution in [0.1, 0.15) is 30.6 Å². The third-order valence-corrected chi connectivity index (χ3v) is 3.18. The Labute approximate surface area is 150 Å². The molecule has 0 aliphatic rings. The summed E-state index contributed by atoms with van der Waals surface area (Å²) in [6.07, 6.45) is 3.19. The van der Waals surface area contributed by atoms with Gasteiger partial charge in [-0.3, -0.25) is 19.4 Å². The molecule has 0 unspecified atom stereocenters. The number of aromatic nitrogens is 1. The van der Waals surface area contributed by atoms with Crippen molar-refractivity contribution < 1.29 is 14.4 Å². The largest absolute Gasteiger partial charge is 0.326 e. The van der Waals surface area contributed by atoms with Crippen molar-refractivity contribution in [2.24, 2.45) is 5.10 Å². The van der Waals surface area contributed by atoms with E-state index in [1.165, 1.54) is 13.1 Å². The molecule has 3 N–H and O–H groups in total. The molecule has 0 bridgehead atoms. The number of hydrogen-bond acceptors (Lipinski definition) is 5. The van der Waals surface area contributed by atoms with E-state index in [1.54, 1.807) is 49.5 Å². The van der Waals surface area contributed by atoms with Crippen LogP contribution in [0, 0.1) is 0 Å². The summed E-state index contributed by atoms with van der Waals surface area (Å²) in [5.41, 5.74) is 4.42. The fourth-order valence-electron chi connectivity index (χ4n) is 2.03. The molecular weight excluding hydrogens is 334 g/mol. The van der Waals surface area contributed by atoms with Gasteiger partial charge in [0.05, 0.1) is 18.3 Å². The minimum Gasteiger partial charge on any atom is -0.326 e. The summed E-state index contributed by atoms with van der Waals surface area (Å²) < 4.78 is 0. The topological polar surface area (TPSA) is 113 Å². The van der Waals surface area contributed by atoms with Gasteiger partial charge >= 0.3 is 0 Å². The van der Waals surface area contributed by atoms with Crippen molar-refractivity contribution in [3.63, 3.8) is 0 Å². The minimum atomic E-state index is -0.411. The van der Waals surface area contributed by atoms with Crippen LogP contribution in [-0.2, 0) is 9.59 Å². The van der Waals surface area contributed by atoms with E-state index in [9.17, 15) is 14.4 Å². The molecule has 1 heterocycles. The highest BCUT2D eigenvalue weighted by atomic mass is 16.2. The predicted octanol–water partition coefficient (Wildman–Crippen LogP) is 2.17. The van der Waals surface area contributed by atoms with Gasteiger partial charge in [-0.1, -0.05) is 0 Å². The van der Waals surface area contributed by atoms with E-state index in [4.69, 9.17) is 0 Å². The molecule has 0 atom stereocenters. The van der Waals surface area contributed by atoms with Gasteiger partial charge in [0.15, 0.2) is 0 Å². The van der Waals surface area contributed by atoms with Crippen molar-refractivity contribution in [1.82, 2.24) is 10.4 Å². The molecule has 0 saturated heterocycles. The summed E-state index contributed by atoms with van der Waals surface area (Å²) in [5, 5.41) is 9.22. The van der Waals surface area contributed by atoms with Crippen molar-refractivity contribution in [1.29, 1.82) is 0 Å². The molecule has 8 nitrogen and oxygen atoms in total. The van der Waals surface area contributed by atoms with Gasteiger partial charge in [-0.15, -0.1) is 0 Å². The Morgan fingerprint density at radius 1 is 1.00 bits per heavy atom. The maximum atomic E-state index is 12.0. The Hall–Kier alpha value is -3.55. The Morgan fingerprint density at radius 3 is 2.35 bits per heavy atom. The lowest BCUT2D eigenvalue weighted by atomic mass is 10.2. The van der Waals surface area contributed by atoms with Gasteiger partial charge in [0.1, 0.15) is 0 Å². The molecule has 1 aromatic carbocycles. The summed E-state index contributed by atoms with van der Waals surface area (Å²) in [6.45, 7) is 3.05. The molecule has 134 valence electrons. The molecule has 0 fully saturated rings. The highest BCUT2D eigenvalue weighted by Gasteiger charge is 2.07. The van der Waals surface area contributed by atoms with Crippen molar-refractivity contribution >= 4 is 34.8 Å². The van der Waals surface area contributed by atoms with Crippen LogP contribution < -0.4 is 16.1 Å². The molecule has 0 spiro atoms. The maximum Gasteiger partial charge on any atom is 0.271 e. The molecular formula is C18H19N5O3. The van der Waals surface area contributed by atoms with Crippen LogP contribution in [0.2, 0.25) is 0 Å². The number of hydrazone groups is 1. The Bertz CT molecular complexity index is 816. The lowest BCUT2D eigenvalue weighted by Gasteiger charge is -2.06. The van der Waals surface area contributed by atoms with Crippen LogP contribution in [0.25, 0.3) is 0 Å². The zero-order valence-electron chi connectivity index (χ0n) is 14.4. The predicted molar refractivity (Wildman–Crippen MR) is 98.8 cm³/mol. The van der Waals surface area contributed by atoms with E-state index in [-0.39, 0.29) is 18.2 Å². The van der Waals surface area contributed by atoms with E-state index in [2.05, 4.69) is 26.1 Å². The number of carbonyl (C=O) groups is 3. The SMILES string of the molecule is CC(=O)Nc1ccc(C(=O)N/N=C(\C)CC(=O)Nc2cccnc2)cc1. The molecule has 0 radical (unpaired) electrons. The number of nitrogens with one attached hydrogen (secondary N) is 3. The van der Waals surface area contributed by atoms with Gasteiger partial charge in [-0.25, -0.2) is 5.43 Å². The maximum absolute atomic E-state index is 12.0. The number of amides is 3. The molecule has 1 aromatic heterocycles. The number of pyridine rings is 1. The zero-order chi connectivity index (χ0) is 18.9. The summed E-state index contributed by atoms with van der Waals surface area (Å²) in [6, 6.07) is 9.82. The summed E-state index contributed by atoms with van der Waals surface area (Å²) in [5.74, 6) is -0.855. The van der Waals surface area contributed by atoms with E-state index in [0.717, 1.165) is 0 Å². The Balaban J connectivity index is 1.86. The fraction of sp³-hybridized carbons (Fsp3) is 0.167. The number of carbonyl (C=O) groups excluding carboxylic acids is 3. The highest BCUT2D eigenvalue weighted by molar-refractivity contribution is 6.06. The van der Waals surface area contributed by atoms with Crippen molar-refractivity contribution in [3.8, 4) is 0 Å². The van der Waals surface area contributed by atoms with Gasteiger partial charge in [0.2, 0.25) is 11.8 Å². The highest BCUT2D eigenvalue weighted by Crippen LogP contribution is 2.09. The second-order valence-corrected chi connectivity index (χ2v) is 5.51. The third kappa shape index (κ3) is 6.16. The number of benzene rings is 1. The molecule has 0 aliphatic heterocycles.